The third kappa shape index (κ3) is 5.70. The van der Waals surface area contributed by atoms with Gasteiger partial charge in [-0.1, -0.05) is 24.3 Å². The molecule has 0 aliphatic heterocycles. The van der Waals surface area contributed by atoms with E-state index in [-0.39, 0.29) is 24.6 Å². The second kappa shape index (κ2) is 10.2. The van der Waals surface area contributed by atoms with Crippen LogP contribution < -0.4 is 0 Å². The molecular weight excluding hydrogens is 410 g/mol. The van der Waals surface area contributed by atoms with Crippen LogP contribution in [0, 0.1) is 0 Å². The molecule has 0 spiro atoms. The molecule has 3 aromatic rings. The molecule has 3 rings (SSSR count). The zero-order chi connectivity index (χ0) is 22.4. The van der Waals surface area contributed by atoms with Crippen molar-refractivity contribution in [1.29, 1.82) is 0 Å². The first kappa shape index (κ1) is 22.5. The molecule has 0 bridgehead atoms. The lowest BCUT2D eigenvalue weighted by Gasteiger charge is -2.30. The summed E-state index contributed by atoms with van der Waals surface area (Å²) in [5.74, 6) is -0.770. The maximum atomic E-state index is 12.4. The number of nitrogens with zero attached hydrogens (tertiary/aromatic N) is 3. The summed E-state index contributed by atoms with van der Waals surface area (Å²) in [6, 6.07) is 13.8. The van der Waals surface area contributed by atoms with Crippen molar-refractivity contribution in [3.8, 4) is 16.3 Å². The topological polar surface area (TPSA) is 64.4 Å². The van der Waals surface area contributed by atoms with E-state index < -0.39 is 5.97 Å². The second-order valence-corrected chi connectivity index (χ2v) is 8.57. The number of carbonyl (C=O) groups excluding carboxylic acids is 2. The number of para-hydroxylation sites is 1. The highest BCUT2D eigenvalue weighted by molar-refractivity contribution is 7.13. The molecule has 0 atom stereocenters. The van der Waals surface area contributed by atoms with Gasteiger partial charge in [0.2, 0.25) is 0 Å². The monoisotopic (exact) mass is 437 g/mol. The molecule has 2 aromatic heterocycles. The summed E-state index contributed by atoms with van der Waals surface area (Å²) in [7, 11) is 0. The van der Waals surface area contributed by atoms with Crippen molar-refractivity contribution in [2.24, 2.45) is 0 Å². The minimum Gasteiger partial charge on any atom is -0.452 e. The highest BCUT2D eigenvalue weighted by Crippen LogP contribution is 2.28. The molecule has 7 heteroatoms. The third-order valence-corrected chi connectivity index (χ3v) is 5.53. The Morgan fingerprint density at radius 1 is 1.10 bits per heavy atom. The van der Waals surface area contributed by atoms with Crippen LogP contribution in [0.25, 0.3) is 22.3 Å². The Bertz CT molecular complexity index is 1030. The van der Waals surface area contributed by atoms with Gasteiger partial charge in [0.05, 0.1) is 10.6 Å². The Labute approximate surface area is 186 Å². The predicted molar refractivity (Wildman–Crippen MR) is 124 cm³/mol. The number of esters is 1. The van der Waals surface area contributed by atoms with E-state index in [0.717, 1.165) is 21.8 Å². The molecule has 0 aliphatic carbocycles. The van der Waals surface area contributed by atoms with Crippen LogP contribution in [0.5, 0.6) is 0 Å². The van der Waals surface area contributed by atoms with Gasteiger partial charge in [-0.3, -0.25) is 4.79 Å². The fourth-order valence-electron chi connectivity index (χ4n) is 3.41. The maximum Gasteiger partial charge on any atom is 0.331 e. The Balaban J connectivity index is 1.74. The highest BCUT2D eigenvalue weighted by Gasteiger charge is 2.21. The molecule has 1 amide bonds. The second-order valence-electron chi connectivity index (χ2n) is 7.62. The van der Waals surface area contributed by atoms with Crippen molar-refractivity contribution in [2.75, 3.05) is 6.61 Å². The molecule has 31 heavy (non-hydrogen) atoms. The Morgan fingerprint density at radius 3 is 2.42 bits per heavy atom. The first-order chi connectivity index (χ1) is 14.9. The largest absolute Gasteiger partial charge is 0.452 e. The van der Waals surface area contributed by atoms with Gasteiger partial charge in [0, 0.05) is 29.9 Å². The Hall–Kier alpha value is -3.19. The number of hydrogen-bond donors (Lipinski definition) is 0. The van der Waals surface area contributed by atoms with Crippen LogP contribution in [0.1, 0.15) is 33.3 Å². The SMILES string of the molecule is CC(C)N(C(=O)COC(=O)C=Cc1cn(-c2ccccc2)nc1-c1cccs1)C(C)C. The van der Waals surface area contributed by atoms with E-state index in [2.05, 4.69) is 0 Å². The molecule has 2 heterocycles. The lowest BCUT2D eigenvalue weighted by Crippen LogP contribution is -2.44. The molecule has 162 valence electrons. The number of hydrogen-bond acceptors (Lipinski definition) is 5. The zero-order valence-corrected chi connectivity index (χ0v) is 19.0. The number of rotatable bonds is 8. The summed E-state index contributed by atoms with van der Waals surface area (Å²) >= 11 is 1.58. The first-order valence-electron chi connectivity index (χ1n) is 10.2. The molecule has 0 unspecified atom stereocenters. The van der Waals surface area contributed by atoms with Crippen LogP contribution in [0.4, 0.5) is 0 Å². The Morgan fingerprint density at radius 2 is 1.81 bits per heavy atom. The minimum absolute atomic E-state index is 0.0407. The van der Waals surface area contributed by atoms with Crippen molar-refractivity contribution >= 4 is 29.3 Å². The number of benzene rings is 1. The summed E-state index contributed by atoms with van der Waals surface area (Å²) in [4.78, 5) is 27.3. The van der Waals surface area contributed by atoms with Crippen LogP contribution in [0.2, 0.25) is 0 Å². The average molecular weight is 438 g/mol. The van der Waals surface area contributed by atoms with Gasteiger partial charge in [-0.25, -0.2) is 9.48 Å². The quantitative estimate of drug-likeness (QED) is 0.375. The van der Waals surface area contributed by atoms with Crippen molar-refractivity contribution in [3.05, 3.63) is 65.7 Å². The fourth-order valence-corrected chi connectivity index (χ4v) is 4.14. The highest BCUT2D eigenvalue weighted by atomic mass is 32.1. The van der Waals surface area contributed by atoms with Crippen molar-refractivity contribution in [3.63, 3.8) is 0 Å². The van der Waals surface area contributed by atoms with Crippen molar-refractivity contribution in [2.45, 2.75) is 39.8 Å². The molecule has 0 N–H and O–H groups in total. The van der Waals surface area contributed by atoms with Crippen LogP contribution >= 0.6 is 11.3 Å². The lowest BCUT2D eigenvalue weighted by atomic mass is 10.2. The zero-order valence-electron chi connectivity index (χ0n) is 18.2. The van der Waals surface area contributed by atoms with Gasteiger partial charge in [-0.05, 0) is 57.4 Å². The normalized spacial score (nSPS) is 11.4. The predicted octanol–water partition coefficient (Wildman–Crippen LogP) is 4.80. The van der Waals surface area contributed by atoms with E-state index in [1.807, 2.05) is 81.7 Å². The van der Waals surface area contributed by atoms with Gasteiger partial charge in [0.25, 0.3) is 5.91 Å². The van der Waals surface area contributed by atoms with Gasteiger partial charge in [-0.2, -0.15) is 5.10 Å². The van der Waals surface area contributed by atoms with E-state index in [0.29, 0.717) is 0 Å². The van der Waals surface area contributed by atoms with Gasteiger partial charge in [-0.15, -0.1) is 11.3 Å². The maximum absolute atomic E-state index is 12.4. The Kier molecular flexibility index (Phi) is 7.41. The van der Waals surface area contributed by atoms with Gasteiger partial charge >= 0.3 is 5.97 Å². The van der Waals surface area contributed by atoms with E-state index >= 15 is 0 Å². The number of carbonyl (C=O) groups is 2. The summed E-state index contributed by atoms with van der Waals surface area (Å²) in [6.45, 7) is 7.49. The summed E-state index contributed by atoms with van der Waals surface area (Å²) < 4.78 is 6.97. The molecule has 6 nitrogen and oxygen atoms in total. The van der Waals surface area contributed by atoms with Crippen LogP contribution in [-0.2, 0) is 14.3 Å². The molecule has 0 radical (unpaired) electrons. The summed E-state index contributed by atoms with van der Waals surface area (Å²) in [5, 5.41) is 6.69. The fraction of sp³-hybridized carbons (Fsp3) is 0.292. The minimum atomic E-state index is -0.564. The number of aromatic nitrogens is 2. The third-order valence-electron chi connectivity index (χ3n) is 4.66. The number of ether oxygens (including phenoxy) is 1. The van der Waals surface area contributed by atoms with Crippen molar-refractivity contribution in [1.82, 2.24) is 14.7 Å². The summed E-state index contributed by atoms with van der Waals surface area (Å²) in [6.07, 6.45) is 4.89. The number of thiophene rings is 1. The van der Waals surface area contributed by atoms with Crippen LogP contribution in [0.3, 0.4) is 0 Å². The average Bonchev–Trinajstić information content (AvgIpc) is 3.40. The first-order valence-corrected chi connectivity index (χ1v) is 11.1. The molecule has 0 saturated carbocycles. The molecule has 0 saturated heterocycles. The lowest BCUT2D eigenvalue weighted by molar-refractivity contribution is -0.150. The molecular formula is C24H27N3O3S. The van der Waals surface area contributed by atoms with Crippen LogP contribution in [0.15, 0.2) is 60.1 Å². The number of amides is 1. The van der Waals surface area contributed by atoms with Gasteiger partial charge in [0.15, 0.2) is 6.61 Å². The molecule has 0 fully saturated rings. The van der Waals surface area contributed by atoms with E-state index in [4.69, 9.17) is 9.84 Å². The smallest absolute Gasteiger partial charge is 0.331 e. The van der Waals surface area contributed by atoms with E-state index in [9.17, 15) is 9.59 Å². The molecule has 1 aromatic carbocycles. The standard InChI is InChI=1S/C24H27N3O3S/c1-17(2)27(18(3)4)22(28)16-30-23(29)13-12-19-15-26(20-9-6-5-7-10-20)25-24(19)21-11-8-14-31-21/h5-15,17-18H,16H2,1-4H3. The van der Waals surface area contributed by atoms with E-state index in [1.165, 1.54) is 6.08 Å². The molecule has 0 aliphatic rings. The van der Waals surface area contributed by atoms with Gasteiger partial charge in [0.1, 0.15) is 5.69 Å². The van der Waals surface area contributed by atoms with Crippen molar-refractivity contribution < 1.29 is 14.3 Å². The summed E-state index contributed by atoms with van der Waals surface area (Å²) in [5.41, 5.74) is 2.50. The van der Waals surface area contributed by atoms with Gasteiger partial charge < -0.3 is 9.64 Å². The van der Waals surface area contributed by atoms with E-state index in [1.54, 1.807) is 27.0 Å². The van der Waals surface area contributed by atoms with Crippen LogP contribution in [-0.4, -0.2) is 45.2 Å².